The molecule has 0 spiro atoms. The summed E-state index contributed by atoms with van der Waals surface area (Å²) in [5, 5.41) is 13.1. The summed E-state index contributed by atoms with van der Waals surface area (Å²) in [5.41, 5.74) is 4.88. The predicted molar refractivity (Wildman–Crippen MR) is 106 cm³/mol. The molecule has 0 saturated heterocycles. The molecule has 1 amide bonds. The quantitative estimate of drug-likeness (QED) is 0.309. The number of phenols is 1. The van der Waals surface area contributed by atoms with Gasteiger partial charge in [0, 0.05) is 5.56 Å². The van der Waals surface area contributed by atoms with Gasteiger partial charge in [-0.3, -0.25) is 4.79 Å². The lowest BCUT2D eigenvalue weighted by molar-refractivity contribution is 0.0733. The molecule has 0 aromatic heterocycles. The van der Waals surface area contributed by atoms with Crippen LogP contribution in [0.4, 0.5) is 0 Å². The molecule has 140 valence electrons. The van der Waals surface area contributed by atoms with E-state index in [2.05, 4.69) is 10.5 Å². The average Bonchev–Trinajstić information content (AvgIpc) is 2.70. The third-order valence-electron chi connectivity index (χ3n) is 3.96. The molecule has 6 nitrogen and oxygen atoms in total. The molecule has 0 heterocycles. The van der Waals surface area contributed by atoms with Gasteiger partial charge in [0.1, 0.15) is 11.5 Å². The number of ether oxygens (including phenoxy) is 1. The molecule has 6 heteroatoms. The van der Waals surface area contributed by atoms with E-state index in [4.69, 9.17) is 4.74 Å². The van der Waals surface area contributed by atoms with E-state index < -0.39 is 5.97 Å². The first-order valence-corrected chi connectivity index (χ1v) is 8.53. The standard InChI is InChI=1S/C22H18N2O4/c1-15-4-2-3-5-20(15)22(27)28-19-12-6-16(7-13-19)14-23-24-21(26)17-8-10-18(25)11-9-17/h2-14,25H,1H3,(H,24,26)/b23-14-. The molecule has 0 aliphatic heterocycles. The topological polar surface area (TPSA) is 88.0 Å². The molecule has 28 heavy (non-hydrogen) atoms. The van der Waals surface area contributed by atoms with Gasteiger partial charge in [-0.2, -0.15) is 5.10 Å². The van der Waals surface area contributed by atoms with Crippen LogP contribution >= 0.6 is 0 Å². The lowest BCUT2D eigenvalue weighted by Gasteiger charge is -2.06. The maximum absolute atomic E-state index is 12.2. The molecule has 0 unspecified atom stereocenters. The highest BCUT2D eigenvalue weighted by Crippen LogP contribution is 2.15. The number of hydrogen-bond donors (Lipinski definition) is 2. The molecule has 0 aliphatic carbocycles. The number of rotatable bonds is 5. The Morgan fingerprint density at radius 2 is 1.64 bits per heavy atom. The lowest BCUT2D eigenvalue weighted by Crippen LogP contribution is -2.17. The highest BCUT2D eigenvalue weighted by atomic mass is 16.5. The molecule has 3 aromatic carbocycles. The van der Waals surface area contributed by atoms with Crippen LogP contribution in [-0.2, 0) is 0 Å². The summed E-state index contributed by atoms with van der Waals surface area (Å²) in [5.74, 6) is -0.303. The van der Waals surface area contributed by atoms with Crippen molar-refractivity contribution in [3.63, 3.8) is 0 Å². The van der Waals surface area contributed by atoms with Crippen molar-refractivity contribution < 1.29 is 19.4 Å². The predicted octanol–water partition coefficient (Wildman–Crippen LogP) is 3.68. The van der Waals surface area contributed by atoms with Crippen LogP contribution in [0, 0.1) is 6.92 Å². The van der Waals surface area contributed by atoms with E-state index in [9.17, 15) is 14.7 Å². The second-order valence-corrected chi connectivity index (χ2v) is 6.02. The van der Waals surface area contributed by atoms with Crippen LogP contribution in [0.5, 0.6) is 11.5 Å². The zero-order valence-corrected chi connectivity index (χ0v) is 15.1. The Kier molecular flexibility index (Phi) is 5.81. The molecule has 0 aliphatic rings. The number of nitrogens with one attached hydrogen (secondary N) is 1. The van der Waals surface area contributed by atoms with Crippen molar-refractivity contribution in [3.05, 3.63) is 95.1 Å². The smallest absolute Gasteiger partial charge is 0.343 e. The Hall–Kier alpha value is -3.93. The van der Waals surface area contributed by atoms with Gasteiger partial charge >= 0.3 is 5.97 Å². The third kappa shape index (κ3) is 4.82. The molecular formula is C22H18N2O4. The van der Waals surface area contributed by atoms with Gasteiger partial charge in [0.2, 0.25) is 0 Å². The van der Waals surface area contributed by atoms with E-state index in [1.54, 1.807) is 36.4 Å². The number of carbonyl (C=O) groups is 2. The number of nitrogens with zero attached hydrogens (tertiary/aromatic N) is 1. The summed E-state index contributed by atoms with van der Waals surface area (Å²) in [6.45, 7) is 1.85. The van der Waals surface area contributed by atoms with E-state index in [-0.39, 0.29) is 11.7 Å². The number of hydrazone groups is 1. The van der Waals surface area contributed by atoms with Crippen molar-refractivity contribution >= 4 is 18.1 Å². The lowest BCUT2D eigenvalue weighted by atomic mass is 10.1. The van der Waals surface area contributed by atoms with Crippen LogP contribution in [0.15, 0.2) is 77.9 Å². The van der Waals surface area contributed by atoms with Crippen LogP contribution in [0.2, 0.25) is 0 Å². The van der Waals surface area contributed by atoms with E-state index in [1.165, 1.54) is 30.5 Å². The summed E-state index contributed by atoms with van der Waals surface area (Å²) in [6.07, 6.45) is 1.48. The Balaban J connectivity index is 1.57. The van der Waals surface area contributed by atoms with Crippen LogP contribution in [0.1, 0.15) is 31.8 Å². The molecule has 0 bridgehead atoms. The van der Waals surface area contributed by atoms with Gasteiger partial charge in [-0.1, -0.05) is 18.2 Å². The number of aromatic hydroxyl groups is 1. The minimum atomic E-state index is -0.416. The van der Waals surface area contributed by atoms with Crippen molar-refractivity contribution in [2.45, 2.75) is 6.92 Å². The van der Waals surface area contributed by atoms with E-state index in [1.807, 2.05) is 19.1 Å². The molecule has 0 fully saturated rings. The van der Waals surface area contributed by atoms with Crippen molar-refractivity contribution in [1.82, 2.24) is 5.43 Å². The Morgan fingerprint density at radius 1 is 0.964 bits per heavy atom. The number of esters is 1. The fraction of sp³-hybridized carbons (Fsp3) is 0.0455. The normalized spacial score (nSPS) is 10.6. The van der Waals surface area contributed by atoms with Crippen molar-refractivity contribution in [2.24, 2.45) is 5.10 Å². The van der Waals surface area contributed by atoms with Crippen molar-refractivity contribution in [1.29, 1.82) is 0 Å². The first-order valence-electron chi connectivity index (χ1n) is 8.53. The zero-order valence-electron chi connectivity index (χ0n) is 15.1. The van der Waals surface area contributed by atoms with Gasteiger partial charge in [0.05, 0.1) is 11.8 Å². The van der Waals surface area contributed by atoms with Crippen molar-refractivity contribution in [3.8, 4) is 11.5 Å². The number of aryl methyl sites for hydroxylation is 1. The Morgan fingerprint density at radius 3 is 2.32 bits per heavy atom. The zero-order chi connectivity index (χ0) is 19.9. The van der Waals surface area contributed by atoms with Gasteiger partial charge in [-0.25, -0.2) is 10.2 Å². The maximum Gasteiger partial charge on any atom is 0.343 e. The summed E-state index contributed by atoms with van der Waals surface area (Å²) >= 11 is 0. The number of amides is 1. The molecule has 0 atom stereocenters. The summed E-state index contributed by atoms with van der Waals surface area (Å²) < 4.78 is 5.37. The molecule has 0 saturated carbocycles. The summed E-state index contributed by atoms with van der Waals surface area (Å²) in [4.78, 5) is 24.1. The van der Waals surface area contributed by atoms with E-state index in [0.29, 0.717) is 16.9 Å². The van der Waals surface area contributed by atoms with Gasteiger partial charge in [-0.15, -0.1) is 0 Å². The summed E-state index contributed by atoms with van der Waals surface area (Å²) in [7, 11) is 0. The van der Waals surface area contributed by atoms with Gasteiger partial charge in [-0.05, 0) is 72.6 Å². The molecular weight excluding hydrogens is 356 g/mol. The first-order chi connectivity index (χ1) is 13.5. The fourth-order valence-corrected chi connectivity index (χ4v) is 2.43. The molecule has 2 N–H and O–H groups in total. The van der Waals surface area contributed by atoms with Gasteiger partial charge in [0.15, 0.2) is 0 Å². The molecule has 3 rings (SSSR count). The highest BCUT2D eigenvalue weighted by Gasteiger charge is 2.10. The van der Waals surface area contributed by atoms with Crippen molar-refractivity contribution in [2.75, 3.05) is 0 Å². The minimum absolute atomic E-state index is 0.0864. The van der Waals surface area contributed by atoms with E-state index in [0.717, 1.165) is 11.1 Å². The Bertz CT molecular complexity index is 1010. The monoisotopic (exact) mass is 374 g/mol. The molecule has 0 radical (unpaired) electrons. The second-order valence-electron chi connectivity index (χ2n) is 6.02. The number of benzene rings is 3. The van der Waals surface area contributed by atoms with E-state index >= 15 is 0 Å². The van der Waals surface area contributed by atoms with Gasteiger partial charge in [0.25, 0.3) is 5.91 Å². The second kappa shape index (κ2) is 8.64. The average molecular weight is 374 g/mol. The van der Waals surface area contributed by atoms with Crippen LogP contribution < -0.4 is 10.2 Å². The number of phenolic OH excluding ortho intramolecular Hbond substituents is 1. The van der Waals surface area contributed by atoms with Gasteiger partial charge < -0.3 is 9.84 Å². The number of carbonyl (C=O) groups excluding carboxylic acids is 2. The minimum Gasteiger partial charge on any atom is -0.508 e. The van der Waals surface area contributed by atoms with Crippen LogP contribution in [0.3, 0.4) is 0 Å². The Labute approximate surface area is 162 Å². The number of hydrogen-bond acceptors (Lipinski definition) is 5. The van der Waals surface area contributed by atoms with Crippen LogP contribution in [-0.4, -0.2) is 23.2 Å². The third-order valence-corrected chi connectivity index (χ3v) is 3.96. The maximum atomic E-state index is 12.2. The summed E-state index contributed by atoms with van der Waals surface area (Å²) in [6, 6.07) is 19.8. The first kappa shape index (κ1) is 18.8. The fourth-order valence-electron chi connectivity index (χ4n) is 2.43. The SMILES string of the molecule is Cc1ccccc1C(=O)Oc1ccc(/C=N\NC(=O)c2ccc(O)cc2)cc1. The highest BCUT2D eigenvalue weighted by molar-refractivity contribution is 5.95. The molecule has 3 aromatic rings. The largest absolute Gasteiger partial charge is 0.508 e. The van der Waals surface area contributed by atoms with Crippen LogP contribution in [0.25, 0.3) is 0 Å².